The fraction of sp³-hybridized carbons (Fsp3) is 0. The second kappa shape index (κ2) is 5.28. The van der Waals surface area contributed by atoms with Gasteiger partial charge in [-0.25, -0.2) is 0 Å². The van der Waals surface area contributed by atoms with Crippen LogP contribution in [0.15, 0.2) is 54.0 Å². The smallest absolute Gasteiger partial charge is 0.265 e. The van der Waals surface area contributed by atoms with E-state index in [1.54, 1.807) is 12.3 Å². The molecule has 0 spiro atoms. The van der Waals surface area contributed by atoms with Crippen LogP contribution in [0.5, 0.6) is 0 Å². The third kappa shape index (κ3) is 2.81. The summed E-state index contributed by atoms with van der Waals surface area (Å²) in [5.74, 6) is -0.0674. The van der Waals surface area contributed by atoms with Crippen molar-refractivity contribution in [3.63, 3.8) is 0 Å². The summed E-state index contributed by atoms with van der Waals surface area (Å²) in [6, 6.07) is 13.5. The molecule has 0 atom stereocenters. The van der Waals surface area contributed by atoms with Crippen LogP contribution in [0.25, 0.3) is 6.08 Å². The van der Waals surface area contributed by atoms with Gasteiger partial charge in [-0.2, -0.15) is 0 Å². The van der Waals surface area contributed by atoms with Gasteiger partial charge in [-0.3, -0.25) is 4.79 Å². The summed E-state index contributed by atoms with van der Waals surface area (Å²) in [4.78, 5) is 12.3. The first kappa shape index (κ1) is 10.6. The molecule has 1 amide bonds. The molecule has 0 fully saturated rings. The molecule has 3 heteroatoms. The number of benzene rings is 1. The van der Waals surface area contributed by atoms with Crippen LogP contribution in [0.1, 0.15) is 15.2 Å². The highest BCUT2D eigenvalue weighted by Crippen LogP contribution is 2.07. The first-order valence-corrected chi connectivity index (χ1v) is 5.80. The molecule has 0 radical (unpaired) electrons. The minimum absolute atomic E-state index is 0.0674. The van der Waals surface area contributed by atoms with E-state index in [9.17, 15) is 4.79 Å². The maximum Gasteiger partial charge on any atom is 0.265 e. The number of rotatable bonds is 3. The predicted molar refractivity (Wildman–Crippen MR) is 67.3 cm³/mol. The lowest BCUT2D eigenvalue weighted by atomic mass is 10.2. The van der Waals surface area contributed by atoms with E-state index in [4.69, 9.17) is 0 Å². The molecule has 0 aliphatic carbocycles. The summed E-state index contributed by atoms with van der Waals surface area (Å²) in [7, 11) is 0. The fourth-order valence-corrected chi connectivity index (χ4v) is 1.88. The second-order valence-corrected chi connectivity index (χ2v) is 4.14. The van der Waals surface area contributed by atoms with Crippen LogP contribution in [0, 0.1) is 0 Å². The van der Waals surface area contributed by atoms with E-state index in [1.165, 1.54) is 11.3 Å². The van der Waals surface area contributed by atoms with Gasteiger partial charge in [0.25, 0.3) is 5.91 Å². The van der Waals surface area contributed by atoms with Crippen molar-refractivity contribution in [2.45, 2.75) is 0 Å². The maximum atomic E-state index is 11.5. The van der Waals surface area contributed by atoms with Gasteiger partial charge in [0.2, 0.25) is 0 Å². The van der Waals surface area contributed by atoms with Gasteiger partial charge in [0.1, 0.15) is 0 Å². The zero-order valence-electron chi connectivity index (χ0n) is 8.59. The zero-order valence-corrected chi connectivity index (χ0v) is 9.41. The van der Waals surface area contributed by atoms with Crippen LogP contribution < -0.4 is 5.32 Å². The molecule has 0 unspecified atom stereocenters. The molecule has 1 aromatic heterocycles. The Morgan fingerprint density at radius 1 is 1.12 bits per heavy atom. The third-order valence-electron chi connectivity index (χ3n) is 2.03. The molecule has 1 heterocycles. The highest BCUT2D eigenvalue weighted by Gasteiger charge is 2.02. The van der Waals surface area contributed by atoms with Crippen LogP contribution in [0.4, 0.5) is 0 Å². The zero-order chi connectivity index (χ0) is 11.2. The Kier molecular flexibility index (Phi) is 3.51. The second-order valence-electron chi connectivity index (χ2n) is 3.19. The average molecular weight is 229 g/mol. The Labute approximate surface area is 98.2 Å². The lowest BCUT2D eigenvalue weighted by Gasteiger charge is -1.96. The van der Waals surface area contributed by atoms with Crippen LogP contribution in [0.3, 0.4) is 0 Å². The Balaban J connectivity index is 1.93. The van der Waals surface area contributed by atoms with Crippen molar-refractivity contribution >= 4 is 23.3 Å². The molecule has 80 valence electrons. The monoisotopic (exact) mass is 229 g/mol. The van der Waals surface area contributed by atoms with E-state index in [2.05, 4.69) is 5.32 Å². The summed E-state index contributed by atoms with van der Waals surface area (Å²) in [5, 5.41) is 4.61. The van der Waals surface area contributed by atoms with Gasteiger partial charge in [0.15, 0.2) is 0 Å². The molecule has 1 N–H and O–H groups in total. The normalized spacial score (nSPS) is 10.5. The number of nitrogens with one attached hydrogen (secondary N) is 1. The van der Waals surface area contributed by atoms with E-state index in [-0.39, 0.29) is 5.91 Å². The quantitative estimate of drug-likeness (QED) is 0.860. The van der Waals surface area contributed by atoms with Crippen LogP contribution in [-0.2, 0) is 0 Å². The molecule has 0 aliphatic heterocycles. The summed E-state index contributed by atoms with van der Waals surface area (Å²) in [5.41, 5.74) is 1.06. The lowest BCUT2D eigenvalue weighted by molar-refractivity contribution is 0.0974. The fourth-order valence-electron chi connectivity index (χ4n) is 1.26. The summed E-state index contributed by atoms with van der Waals surface area (Å²) >= 11 is 1.43. The molecular weight excluding hydrogens is 218 g/mol. The number of carbonyl (C=O) groups is 1. The van der Waals surface area contributed by atoms with Crippen molar-refractivity contribution < 1.29 is 4.79 Å². The number of hydrogen-bond acceptors (Lipinski definition) is 2. The molecule has 2 rings (SSSR count). The highest BCUT2D eigenvalue weighted by atomic mass is 32.1. The molecule has 1 aromatic carbocycles. The largest absolute Gasteiger partial charge is 0.328 e. The molecule has 0 bridgehead atoms. The van der Waals surface area contributed by atoms with Gasteiger partial charge >= 0.3 is 0 Å². The van der Waals surface area contributed by atoms with Crippen molar-refractivity contribution in [2.24, 2.45) is 0 Å². The van der Waals surface area contributed by atoms with E-state index < -0.39 is 0 Å². The van der Waals surface area contributed by atoms with E-state index in [0.29, 0.717) is 0 Å². The molecule has 0 aliphatic rings. The van der Waals surface area contributed by atoms with Crippen molar-refractivity contribution in [1.29, 1.82) is 0 Å². The molecule has 2 aromatic rings. The Hall–Kier alpha value is -1.87. The number of carbonyl (C=O) groups excluding carboxylic acids is 1. The average Bonchev–Trinajstić information content (AvgIpc) is 2.84. The summed E-state index contributed by atoms with van der Waals surface area (Å²) in [6.45, 7) is 0. The van der Waals surface area contributed by atoms with E-state index in [1.807, 2.05) is 47.9 Å². The number of amides is 1. The van der Waals surface area contributed by atoms with Crippen molar-refractivity contribution in [3.05, 3.63) is 64.5 Å². The summed E-state index contributed by atoms with van der Waals surface area (Å²) in [6.07, 6.45) is 3.53. The first-order chi connectivity index (χ1) is 7.86. The Bertz CT molecular complexity index is 474. The standard InChI is InChI=1S/C13H11NOS/c15-13(12-7-4-10-16-12)14-9-8-11-5-2-1-3-6-11/h1-10H,(H,14,15)/b9-8-. The molecule has 16 heavy (non-hydrogen) atoms. The highest BCUT2D eigenvalue weighted by molar-refractivity contribution is 7.12. The van der Waals surface area contributed by atoms with E-state index in [0.717, 1.165) is 10.4 Å². The Morgan fingerprint density at radius 3 is 2.62 bits per heavy atom. The van der Waals surface area contributed by atoms with Gasteiger partial charge in [-0.1, -0.05) is 36.4 Å². The minimum Gasteiger partial charge on any atom is -0.328 e. The predicted octanol–water partition coefficient (Wildman–Crippen LogP) is 3.15. The molecule has 2 nitrogen and oxygen atoms in total. The molecule has 0 saturated carbocycles. The van der Waals surface area contributed by atoms with Crippen molar-refractivity contribution in [2.75, 3.05) is 0 Å². The number of thiophene rings is 1. The van der Waals surface area contributed by atoms with Crippen LogP contribution >= 0.6 is 11.3 Å². The first-order valence-electron chi connectivity index (χ1n) is 4.92. The van der Waals surface area contributed by atoms with Gasteiger partial charge in [-0.05, 0) is 23.1 Å². The van der Waals surface area contributed by atoms with E-state index >= 15 is 0 Å². The minimum atomic E-state index is -0.0674. The van der Waals surface area contributed by atoms with Gasteiger partial charge in [0.05, 0.1) is 4.88 Å². The Morgan fingerprint density at radius 2 is 1.94 bits per heavy atom. The topological polar surface area (TPSA) is 29.1 Å². The molecular formula is C13H11NOS. The van der Waals surface area contributed by atoms with Crippen molar-refractivity contribution in [3.8, 4) is 0 Å². The van der Waals surface area contributed by atoms with Crippen LogP contribution in [0.2, 0.25) is 0 Å². The summed E-state index contributed by atoms with van der Waals surface area (Å²) < 4.78 is 0. The van der Waals surface area contributed by atoms with Crippen LogP contribution in [-0.4, -0.2) is 5.91 Å². The van der Waals surface area contributed by atoms with Gasteiger partial charge < -0.3 is 5.32 Å². The van der Waals surface area contributed by atoms with Gasteiger partial charge in [-0.15, -0.1) is 11.3 Å². The third-order valence-corrected chi connectivity index (χ3v) is 2.90. The number of hydrogen-bond donors (Lipinski definition) is 1. The SMILES string of the molecule is O=C(N/C=C\c1ccccc1)c1cccs1. The van der Waals surface area contributed by atoms with Gasteiger partial charge in [0, 0.05) is 6.20 Å². The lowest BCUT2D eigenvalue weighted by Crippen LogP contribution is -2.15. The molecule has 0 saturated heterocycles. The maximum absolute atomic E-state index is 11.5. The van der Waals surface area contributed by atoms with Crippen molar-refractivity contribution in [1.82, 2.24) is 5.32 Å².